The minimum Gasteiger partial charge on any atom is -1.00 e. The molecule has 1 fully saturated rings. The molecule has 2 rings (SSSR count). The molecule has 0 radical (unpaired) electrons. The molecule has 1 aromatic rings. The van der Waals surface area contributed by atoms with Crippen molar-refractivity contribution < 1.29 is 55.2 Å². The van der Waals surface area contributed by atoms with E-state index in [1.54, 1.807) is 31.4 Å². The van der Waals surface area contributed by atoms with Crippen molar-refractivity contribution in [3.05, 3.63) is 29.8 Å². The number of rotatable bonds is 9. The Morgan fingerprint density at radius 1 is 1.25 bits per heavy atom. The van der Waals surface area contributed by atoms with E-state index >= 15 is 0 Å². The molecule has 0 atom stereocenters. The molecule has 0 spiro atoms. The summed E-state index contributed by atoms with van der Waals surface area (Å²) >= 11 is 0. The van der Waals surface area contributed by atoms with Crippen molar-refractivity contribution >= 4 is 18.0 Å². The number of carbonyl (C=O) groups is 2. The minimum atomic E-state index is -0.841. The van der Waals surface area contributed by atoms with Crippen LogP contribution in [0, 0.1) is 5.92 Å². The van der Waals surface area contributed by atoms with Crippen molar-refractivity contribution in [1.82, 2.24) is 5.32 Å². The maximum absolute atomic E-state index is 12.1. The summed E-state index contributed by atoms with van der Waals surface area (Å²) in [6.45, 7) is 2.56. The van der Waals surface area contributed by atoms with E-state index in [1.807, 2.05) is 6.07 Å². The Hall–Kier alpha value is -1.50. The first-order valence-electron chi connectivity index (χ1n) is 9.49. The van der Waals surface area contributed by atoms with E-state index < -0.39 is 5.97 Å². The maximum atomic E-state index is 12.1. The second-order valence-electron chi connectivity index (χ2n) is 7.05. The fraction of sp³-hybridized carbons (Fsp3) is 0.524. The SMILES string of the molecule is COc1cc(C=CC(=O)NC2CCC(C)CC2)ccc1OCCCC(=O)O.[H-].[Na+]. The molecule has 28 heavy (non-hydrogen) atoms. The number of aliphatic carboxylic acids is 1. The van der Waals surface area contributed by atoms with Crippen molar-refractivity contribution in [3.63, 3.8) is 0 Å². The zero-order chi connectivity index (χ0) is 19.6. The molecule has 2 N–H and O–H groups in total. The van der Waals surface area contributed by atoms with Crippen LogP contribution in [0.15, 0.2) is 24.3 Å². The zero-order valence-corrected chi connectivity index (χ0v) is 19.1. The first kappa shape index (κ1) is 24.5. The van der Waals surface area contributed by atoms with Gasteiger partial charge in [-0.15, -0.1) is 0 Å². The normalized spacial score (nSPS) is 18.9. The van der Waals surface area contributed by atoms with E-state index in [1.165, 1.54) is 12.8 Å². The molecule has 1 saturated carbocycles. The fourth-order valence-corrected chi connectivity index (χ4v) is 3.14. The van der Waals surface area contributed by atoms with E-state index in [-0.39, 0.29) is 49.4 Å². The number of carboxylic acid groups (broad SMARTS) is 1. The fourth-order valence-electron chi connectivity index (χ4n) is 3.14. The van der Waals surface area contributed by atoms with E-state index in [0.29, 0.717) is 24.5 Å². The molecule has 0 saturated heterocycles. The molecule has 0 unspecified atom stereocenters. The largest absolute Gasteiger partial charge is 1.00 e. The van der Waals surface area contributed by atoms with Crippen LogP contribution in [0.2, 0.25) is 0 Å². The molecule has 1 aliphatic rings. The third-order valence-electron chi connectivity index (χ3n) is 4.77. The van der Waals surface area contributed by atoms with E-state index in [4.69, 9.17) is 14.6 Å². The molecule has 0 aromatic heterocycles. The van der Waals surface area contributed by atoms with Crippen LogP contribution >= 0.6 is 0 Å². The summed E-state index contributed by atoms with van der Waals surface area (Å²) in [4.78, 5) is 22.6. The summed E-state index contributed by atoms with van der Waals surface area (Å²) in [7, 11) is 1.55. The summed E-state index contributed by atoms with van der Waals surface area (Å²) in [6, 6.07) is 5.66. The first-order valence-corrected chi connectivity index (χ1v) is 9.49. The van der Waals surface area contributed by atoms with Crippen molar-refractivity contribution in [3.8, 4) is 11.5 Å². The van der Waals surface area contributed by atoms with Gasteiger partial charge in [0.15, 0.2) is 11.5 Å². The van der Waals surface area contributed by atoms with Crippen LogP contribution in [-0.2, 0) is 9.59 Å². The number of nitrogens with one attached hydrogen (secondary N) is 1. The standard InChI is InChI=1S/C21H29NO5.Na.H/c1-15-5-9-17(10-6-15)22-20(23)12-8-16-7-11-18(19(14-16)26-2)27-13-3-4-21(24)25;;/h7-8,11-12,14-15,17H,3-6,9-10,13H2,1-2H3,(H,22,23)(H,24,25);;/q;+1;-1. The van der Waals surface area contributed by atoms with Gasteiger partial charge in [0.05, 0.1) is 13.7 Å². The van der Waals surface area contributed by atoms with Crippen LogP contribution in [0.3, 0.4) is 0 Å². The quantitative estimate of drug-likeness (QED) is 0.364. The van der Waals surface area contributed by atoms with Crippen LogP contribution in [0.1, 0.15) is 52.4 Å². The molecule has 1 aromatic carbocycles. The first-order chi connectivity index (χ1) is 13.0. The number of ether oxygens (including phenoxy) is 2. The number of carboxylic acids is 1. The molecule has 1 amide bonds. The predicted octanol–water partition coefficient (Wildman–Crippen LogP) is 0.763. The molecule has 0 bridgehead atoms. The summed E-state index contributed by atoms with van der Waals surface area (Å²) < 4.78 is 10.9. The number of hydrogen-bond donors (Lipinski definition) is 2. The van der Waals surface area contributed by atoms with Crippen LogP contribution < -0.4 is 44.3 Å². The van der Waals surface area contributed by atoms with Gasteiger partial charge in [0, 0.05) is 18.5 Å². The second kappa shape index (κ2) is 12.9. The third-order valence-corrected chi connectivity index (χ3v) is 4.77. The molecule has 0 heterocycles. The third kappa shape index (κ3) is 8.67. The van der Waals surface area contributed by atoms with Crippen molar-refractivity contribution in [2.24, 2.45) is 5.92 Å². The Morgan fingerprint density at radius 2 is 1.96 bits per heavy atom. The van der Waals surface area contributed by atoms with E-state index in [2.05, 4.69) is 12.2 Å². The van der Waals surface area contributed by atoms with Gasteiger partial charge in [0.2, 0.25) is 5.91 Å². The van der Waals surface area contributed by atoms with Gasteiger partial charge in [-0.2, -0.15) is 0 Å². The average molecular weight is 399 g/mol. The van der Waals surface area contributed by atoms with Crippen molar-refractivity contribution in [2.45, 2.75) is 51.5 Å². The van der Waals surface area contributed by atoms with Crippen LogP contribution in [0.4, 0.5) is 0 Å². The van der Waals surface area contributed by atoms with Crippen LogP contribution in [-0.4, -0.2) is 36.7 Å². The van der Waals surface area contributed by atoms with Gasteiger partial charge in [-0.1, -0.05) is 13.0 Å². The summed E-state index contributed by atoms with van der Waals surface area (Å²) in [5.74, 6) is 0.940. The van der Waals surface area contributed by atoms with Crippen molar-refractivity contribution in [1.29, 1.82) is 0 Å². The van der Waals surface area contributed by atoms with Crippen LogP contribution in [0.5, 0.6) is 11.5 Å². The predicted molar refractivity (Wildman–Crippen MR) is 105 cm³/mol. The topological polar surface area (TPSA) is 84.9 Å². The van der Waals surface area contributed by atoms with Gasteiger partial charge in [0.25, 0.3) is 0 Å². The van der Waals surface area contributed by atoms with Crippen molar-refractivity contribution in [2.75, 3.05) is 13.7 Å². The number of benzene rings is 1. The maximum Gasteiger partial charge on any atom is 1.00 e. The number of methoxy groups -OCH3 is 1. The van der Waals surface area contributed by atoms with Gasteiger partial charge in [-0.3, -0.25) is 9.59 Å². The molecule has 150 valence electrons. The average Bonchev–Trinajstić information content (AvgIpc) is 2.65. The monoisotopic (exact) mass is 399 g/mol. The smallest absolute Gasteiger partial charge is 1.00 e. The Bertz CT molecular complexity index is 675. The summed E-state index contributed by atoms with van der Waals surface area (Å²) in [5.41, 5.74) is 0.831. The molecule has 7 heteroatoms. The second-order valence-corrected chi connectivity index (χ2v) is 7.05. The van der Waals surface area contributed by atoms with Gasteiger partial charge in [-0.05, 0) is 61.8 Å². The van der Waals surface area contributed by atoms with Crippen LogP contribution in [0.25, 0.3) is 6.08 Å². The number of carbonyl (C=O) groups excluding carboxylic acids is 1. The molecular formula is C21H30NNaO5. The summed E-state index contributed by atoms with van der Waals surface area (Å²) in [5, 5.41) is 11.7. The van der Waals surface area contributed by atoms with Gasteiger partial charge in [-0.25, -0.2) is 0 Å². The van der Waals surface area contributed by atoms with E-state index in [0.717, 1.165) is 24.3 Å². The molecule has 1 aliphatic carbocycles. The number of amides is 1. The molecular weight excluding hydrogens is 369 g/mol. The Labute approximate surface area is 190 Å². The minimum absolute atomic E-state index is 0. The van der Waals surface area contributed by atoms with Gasteiger partial charge in [0.1, 0.15) is 0 Å². The Morgan fingerprint density at radius 3 is 2.61 bits per heavy atom. The Balaban J connectivity index is 0.00000392. The summed E-state index contributed by atoms with van der Waals surface area (Å²) in [6.07, 6.45) is 8.21. The zero-order valence-electron chi connectivity index (χ0n) is 18.1. The van der Waals surface area contributed by atoms with E-state index in [9.17, 15) is 9.59 Å². The Kier molecular flexibility index (Phi) is 11.3. The van der Waals surface area contributed by atoms with Gasteiger partial charge >= 0.3 is 35.5 Å². The van der Waals surface area contributed by atoms with Gasteiger partial charge < -0.3 is 21.3 Å². The number of hydrogen-bond acceptors (Lipinski definition) is 4. The molecule has 0 aliphatic heterocycles. The molecule has 6 nitrogen and oxygen atoms in total.